The van der Waals surface area contributed by atoms with Crippen molar-refractivity contribution in [3.63, 3.8) is 0 Å². The third-order valence-electron chi connectivity index (χ3n) is 2.89. The molecule has 0 unspecified atom stereocenters. The fourth-order valence-corrected chi connectivity index (χ4v) is 2.19. The molecule has 0 saturated heterocycles. The molecule has 0 fully saturated rings. The van der Waals surface area contributed by atoms with Crippen LogP contribution in [-0.2, 0) is 0 Å². The summed E-state index contributed by atoms with van der Waals surface area (Å²) in [7, 11) is 0. The van der Waals surface area contributed by atoms with Gasteiger partial charge < -0.3 is 0 Å². The van der Waals surface area contributed by atoms with Crippen molar-refractivity contribution in [1.82, 2.24) is 9.97 Å². The van der Waals surface area contributed by atoms with Crippen LogP contribution in [0.15, 0.2) is 54.8 Å². The summed E-state index contributed by atoms with van der Waals surface area (Å²) in [4.78, 5) is 8.54. The van der Waals surface area contributed by atoms with E-state index in [2.05, 4.69) is 41.2 Å². The van der Waals surface area contributed by atoms with Crippen LogP contribution < -0.4 is 0 Å². The van der Waals surface area contributed by atoms with Crippen LogP contribution in [0.4, 0.5) is 0 Å². The molecule has 2 nitrogen and oxygen atoms in total. The van der Waals surface area contributed by atoms with Crippen molar-refractivity contribution in [3.05, 3.63) is 65.7 Å². The van der Waals surface area contributed by atoms with Crippen LogP contribution in [-0.4, -0.2) is 9.97 Å². The van der Waals surface area contributed by atoms with Crippen LogP contribution in [0.25, 0.3) is 16.7 Å². The standard InChI is InChI=1S/C17H17ClN2/c1-3-8-14(9-4-2)16-15(12-19-17(18)20-16)13-10-6-5-7-11-13/h3,5-12H,4H2,1-2H3/b8-3-,14-9+. The molecule has 1 aromatic carbocycles. The quantitative estimate of drug-likeness (QED) is 0.572. The Hall–Kier alpha value is -1.93. The lowest BCUT2D eigenvalue weighted by Crippen LogP contribution is -1.95. The highest BCUT2D eigenvalue weighted by Crippen LogP contribution is 2.28. The summed E-state index contributed by atoms with van der Waals surface area (Å²) in [6.07, 6.45) is 8.93. The average Bonchev–Trinajstić information content (AvgIpc) is 2.48. The first kappa shape index (κ1) is 14.5. The van der Waals surface area contributed by atoms with Crippen LogP contribution in [0.1, 0.15) is 26.0 Å². The number of benzene rings is 1. The van der Waals surface area contributed by atoms with Crippen molar-refractivity contribution < 1.29 is 0 Å². The maximum Gasteiger partial charge on any atom is 0.222 e. The summed E-state index contributed by atoms with van der Waals surface area (Å²) in [5.41, 5.74) is 4.02. The van der Waals surface area contributed by atoms with Crippen molar-refractivity contribution in [2.75, 3.05) is 0 Å². The summed E-state index contributed by atoms with van der Waals surface area (Å²) in [5.74, 6) is 0. The predicted octanol–water partition coefficient (Wildman–Crippen LogP) is 5.17. The minimum Gasteiger partial charge on any atom is -0.226 e. The normalized spacial score (nSPS) is 12.1. The molecule has 2 rings (SSSR count). The summed E-state index contributed by atoms with van der Waals surface area (Å²) < 4.78 is 0. The van der Waals surface area contributed by atoms with Gasteiger partial charge in [0.25, 0.3) is 0 Å². The van der Waals surface area contributed by atoms with Crippen molar-refractivity contribution in [1.29, 1.82) is 0 Å². The molecule has 3 heteroatoms. The van der Waals surface area contributed by atoms with Gasteiger partial charge in [0.15, 0.2) is 0 Å². The van der Waals surface area contributed by atoms with Gasteiger partial charge in [-0.05, 0) is 36.1 Å². The summed E-state index contributed by atoms with van der Waals surface area (Å²) in [6.45, 7) is 4.10. The molecule has 20 heavy (non-hydrogen) atoms. The van der Waals surface area contributed by atoms with E-state index in [1.54, 1.807) is 6.20 Å². The number of aromatic nitrogens is 2. The highest BCUT2D eigenvalue weighted by atomic mass is 35.5. The summed E-state index contributed by atoms with van der Waals surface area (Å²) in [5, 5.41) is 0.270. The third kappa shape index (κ3) is 3.34. The lowest BCUT2D eigenvalue weighted by molar-refractivity contribution is 1.14. The van der Waals surface area contributed by atoms with E-state index in [0.29, 0.717) is 0 Å². The Labute approximate surface area is 124 Å². The van der Waals surface area contributed by atoms with Crippen molar-refractivity contribution in [3.8, 4) is 11.1 Å². The van der Waals surface area contributed by atoms with Crippen LogP contribution >= 0.6 is 11.6 Å². The van der Waals surface area contributed by atoms with Gasteiger partial charge in [0.1, 0.15) is 0 Å². The molecule has 0 atom stereocenters. The Morgan fingerprint density at radius 1 is 1.25 bits per heavy atom. The molecule has 0 N–H and O–H groups in total. The molecule has 0 spiro atoms. The molecule has 0 saturated carbocycles. The number of rotatable bonds is 4. The van der Waals surface area contributed by atoms with E-state index in [9.17, 15) is 0 Å². The molecule has 0 bridgehead atoms. The zero-order valence-corrected chi connectivity index (χ0v) is 12.4. The molecule has 1 heterocycles. The van der Waals surface area contributed by atoms with E-state index in [1.807, 2.05) is 31.2 Å². The number of halogens is 1. The van der Waals surface area contributed by atoms with Gasteiger partial charge in [-0.3, -0.25) is 0 Å². The van der Waals surface area contributed by atoms with Crippen molar-refractivity contribution in [2.45, 2.75) is 20.3 Å². The van der Waals surface area contributed by atoms with E-state index >= 15 is 0 Å². The first-order chi connectivity index (χ1) is 9.76. The minimum atomic E-state index is 0.270. The Kier molecular flexibility index (Phi) is 5.08. The molecule has 0 radical (unpaired) electrons. The van der Waals surface area contributed by atoms with Gasteiger partial charge in [-0.1, -0.05) is 55.5 Å². The minimum absolute atomic E-state index is 0.270. The second-order valence-corrected chi connectivity index (χ2v) is 4.67. The van der Waals surface area contributed by atoms with Gasteiger partial charge in [0.05, 0.1) is 5.69 Å². The Bertz CT molecular complexity index is 631. The van der Waals surface area contributed by atoms with Gasteiger partial charge in [0, 0.05) is 11.8 Å². The maximum absolute atomic E-state index is 5.98. The molecular weight excluding hydrogens is 268 g/mol. The second-order valence-electron chi connectivity index (χ2n) is 4.34. The lowest BCUT2D eigenvalue weighted by Gasteiger charge is -2.10. The predicted molar refractivity (Wildman–Crippen MR) is 85.6 cm³/mol. The largest absolute Gasteiger partial charge is 0.226 e. The average molecular weight is 285 g/mol. The van der Waals surface area contributed by atoms with E-state index in [0.717, 1.165) is 28.8 Å². The monoisotopic (exact) mass is 284 g/mol. The van der Waals surface area contributed by atoms with Crippen LogP contribution in [0.3, 0.4) is 0 Å². The Balaban J connectivity index is 2.62. The highest BCUT2D eigenvalue weighted by molar-refractivity contribution is 6.28. The maximum atomic E-state index is 5.98. The fourth-order valence-electron chi connectivity index (χ4n) is 2.05. The first-order valence-corrected chi connectivity index (χ1v) is 7.05. The van der Waals surface area contributed by atoms with Gasteiger partial charge in [-0.15, -0.1) is 0 Å². The first-order valence-electron chi connectivity index (χ1n) is 6.67. The smallest absolute Gasteiger partial charge is 0.222 e. The number of hydrogen-bond acceptors (Lipinski definition) is 2. The van der Waals surface area contributed by atoms with E-state index in [1.165, 1.54) is 0 Å². The highest BCUT2D eigenvalue weighted by Gasteiger charge is 2.11. The fraction of sp³-hybridized carbons (Fsp3) is 0.176. The Morgan fingerprint density at radius 3 is 2.65 bits per heavy atom. The molecule has 2 aromatic rings. The summed E-state index contributed by atoms with van der Waals surface area (Å²) >= 11 is 5.98. The third-order valence-corrected chi connectivity index (χ3v) is 3.07. The van der Waals surface area contributed by atoms with E-state index in [4.69, 9.17) is 11.6 Å². The topological polar surface area (TPSA) is 25.8 Å². The van der Waals surface area contributed by atoms with Gasteiger partial charge in [-0.25, -0.2) is 9.97 Å². The van der Waals surface area contributed by atoms with Crippen LogP contribution in [0.5, 0.6) is 0 Å². The van der Waals surface area contributed by atoms with Crippen LogP contribution in [0.2, 0.25) is 5.28 Å². The molecule has 102 valence electrons. The molecule has 1 aromatic heterocycles. The van der Waals surface area contributed by atoms with E-state index in [-0.39, 0.29) is 5.28 Å². The summed E-state index contributed by atoms with van der Waals surface area (Å²) in [6, 6.07) is 10.1. The number of allylic oxidation sites excluding steroid dienone is 4. The second kappa shape index (κ2) is 7.01. The van der Waals surface area contributed by atoms with E-state index < -0.39 is 0 Å². The molecular formula is C17H17ClN2. The van der Waals surface area contributed by atoms with Crippen molar-refractivity contribution in [2.24, 2.45) is 0 Å². The van der Waals surface area contributed by atoms with Crippen LogP contribution in [0, 0.1) is 0 Å². The molecule has 0 aliphatic rings. The Morgan fingerprint density at radius 2 is 2.00 bits per heavy atom. The molecule has 0 amide bonds. The van der Waals surface area contributed by atoms with Gasteiger partial charge >= 0.3 is 0 Å². The zero-order chi connectivity index (χ0) is 14.4. The zero-order valence-electron chi connectivity index (χ0n) is 11.7. The molecule has 0 aliphatic heterocycles. The van der Waals surface area contributed by atoms with Gasteiger partial charge in [0.2, 0.25) is 5.28 Å². The SMILES string of the molecule is C/C=C\C(=C/CC)c1nc(Cl)ncc1-c1ccccc1. The van der Waals surface area contributed by atoms with Crippen molar-refractivity contribution >= 4 is 17.2 Å². The lowest BCUT2D eigenvalue weighted by atomic mass is 10.00. The number of hydrogen-bond donors (Lipinski definition) is 0. The molecule has 0 aliphatic carbocycles. The van der Waals surface area contributed by atoms with Gasteiger partial charge in [-0.2, -0.15) is 0 Å². The number of nitrogens with zero attached hydrogens (tertiary/aromatic N) is 2.